The van der Waals surface area contributed by atoms with Gasteiger partial charge in [-0.05, 0) is 29.8 Å². The number of primary amides is 1. The van der Waals surface area contributed by atoms with Crippen LogP contribution < -0.4 is 15.2 Å². The SMILES string of the molecule is COc1ccc(S(=O)(=O)NCc2cccnc2-c2cnn(C)c2)cc1C(N)=O. The summed E-state index contributed by atoms with van der Waals surface area (Å²) in [7, 11) is -0.737. The van der Waals surface area contributed by atoms with Gasteiger partial charge in [-0.1, -0.05) is 6.07 Å². The fourth-order valence-electron chi connectivity index (χ4n) is 2.69. The molecule has 0 saturated carbocycles. The maximum absolute atomic E-state index is 12.7. The summed E-state index contributed by atoms with van der Waals surface area (Å²) in [6.45, 7) is 0.0122. The fourth-order valence-corrected chi connectivity index (χ4v) is 3.72. The third-order valence-corrected chi connectivity index (χ3v) is 5.47. The van der Waals surface area contributed by atoms with Crippen LogP contribution in [0, 0.1) is 0 Å². The van der Waals surface area contributed by atoms with E-state index in [2.05, 4.69) is 14.8 Å². The maximum atomic E-state index is 12.7. The zero-order chi connectivity index (χ0) is 20.3. The van der Waals surface area contributed by atoms with E-state index >= 15 is 0 Å². The monoisotopic (exact) mass is 401 g/mol. The number of amides is 1. The minimum Gasteiger partial charge on any atom is -0.496 e. The summed E-state index contributed by atoms with van der Waals surface area (Å²) in [5.74, 6) is -0.572. The zero-order valence-corrected chi connectivity index (χ0v) is 16.1. The summed E-state index contributed by atoms with van der Waals surface area (Å²) >= 11 is 0. The van der Waals surface area contributed by atoms with Crippen molar-refractivity contribution >= 4 is 15.9 Å². The fraction of sp³-hybridized carbons (Fsp3) is 0.167. The van der Waals surface area contributed by atoms with Crippen molar-refractivity contribution in [3.8, 4) is 17.0 Å². The summed E-state index contributed by atoms with van der Waals surface area (Å²) in [5, 5.41) is 4.12. The van der Waals surface area contributed by atoms with E-state index in [1.165, 1.54) is 25.3 Å². The zero-order valence-electron chi connectivity index (χ0n) is 15.3. The molecule has 3 rings (SSSR count). The number of carbonyl (C=O) groups is 1. The Morgan fingerprint density at radius 3 is 2.75 bits per heavy atom. The van der Waals surface area contributed by atoms with Gasteiger partial charge in [-0.3, -0.25) is 14.5 Å². The lowest BCUT2D eigenvalue weighted by atomic mass is 10.1. The van der Waals surface area contributed by atoms with E-state index in [1.807, 2.05) is 0 Å². The van der Waals surface area contributed by atoms with Crippen LogP contribution in [0.2, 0.25) is 0 Å². The minimum atomic E-state index is -3.90. The second-order valence-electron chi connectivity index (χ2n) is 5.96. The van der Waals surface area contributed by atoms with Crippen molar-refractivity contribution in [2.75, 3.05) is 7.11 Å². The third-order valence-electron chi connectivity index (χ3n) is 4.07. The Balaban J connectivity index is 1.87. The number of nitrogens with one attached hydrogen (secondary N) is 1. The highest BCUT2D eigenvalue weighted by atomic mass is 32.2. The Hall–Kier alpha value is -3.24. The molecule has 3 N–H and O–H groups in total. The molecule has 146 valence electrons. The number of hydrogen-bond acceptors (Lipinski definition) is 6. The average molecular weight is 401 g/mol. The number of methoxy groups -OCH3 is 1. The second kappa shape index (κ2) is 7.79. The molecular formula is C18H19N5O4S. The molecular weight excluding hydrogens is 382 g/mol. The molecule has 1 amide bonds. The number of aryl methyl sites for hydroxylation is 1. The molecule has 0 unspecified atom stereocenters. The van der Waals surface area contributed by atoms with Gasteiger partial charge in [0.2, 0.25) is 10.0 Å². The van der Waals surface area contributed by atoms with E-state index in [-0.39, 0.29) is 22.8 Å². The first-order chi connectivity index (χ1) is 13.3. The van der Waals surface area contributed by atoms with Crippen LogP contribution in [-0.4, -0.2) is 36.2 Å². The van der Waals surface area contributed by atoms with Gasteiger partial charge in [0.1, 0.15) is 5.75 Å². The molecule has 0 bridgehead atoms. The molecule has 0 fully saturated rings. The van der Waals surface area contributed by atoms with Crippen molar-refractivity contribution in [1.29, 1.82) is 0 Å². The van der Waals surface area contributed by atoms with Gasteiger partial charge in [-0.25, -0.2) is 13.1 Å². The lowest BCUT2D eigenvalue weighted by Crippen LogP contribution is -2.24. The third kappa shape index (κ3) is 4.02. The Morgan fingerprint density at radius 1 is 1.32 bits per heavy atom. The highest BCUT2D eigenvalue weighted by molar-refractivity contribution is 7.89. The molecule has 0 aliphatic rings. The molecule has 9 nitrogen and oxygen atoms in total. The number of carbonyl (C=O) groups excluding carboxylic acids is 1. The van der Waals surface area contributed by atoms with Crippen LogP contribution in [0.3, 0.4) is 0 Å². The second-order valence-corrected chi connectivity index (χ2v) is 7.73. The van der Waals surface area contributed by atoms with Gasteiger partial charge >= 0.3 is 0 Å². The van der Waals surface area contributed by atoms with Crippen LogP contribution in [0.4, 0.5) is 0 Å². The van der Waals surface area contributed by atoms with Gasteiger partial charge in [0.15, 0.2) is 0 Å². The van der Waals surface area contributed by atoms with Gasteiger partial charge in [0.05, 0.1) is 29.5 Å². The molecule has 0 aliphatic heterocycles. The molecule has 28 heavy (non-hydrogen) atoms. The maximum Gasteiger partial charge on any atom is 0.252 e. The Kier molecular flexibility index (Phi) is 5.43. The Bertz CT molecular complexity index is 1120. The lowest BCUT2D eigenvalue weighted by Gasteiger charge is -2.11. The van der Waals surface area contributed by atoms with E-state index < -0.39 is 15.9 Å². The number of benzene rings is 1. The number of hydrogen-bond donors (Lipinski definition) is 2. The van der Waals surface area contributed by atoms with Crippen molar-refractivity contribution in [3.05, 3.63) is 60.0 Å². The van der Waals surface area contributed by atoms with Gasteiger partial charge in [-0.2, -0.15) is 5.10 Å². The quantitative estimate of drug-likeness (QED) is 0.609. The number of rotatable bonds is 7. The molecule has 0 radical (unpaired) electrons. The van der Waals surface area contributed by atoms with Crippen molar-refractivity contribution in [2.24, 2.45) is 12.8 Å². The smallest absolute Gasteiger partial charge is 0.252 e. The largest absolute Gasteiger partial charge is 0.496 e. The number of sulfonamides is 1. The van der Waals surface area contributed by atoms with E-state index in [0.29, 0.717) is 11.3 Å². The summed E-state index contributed by atoms with van der Waals surface area (Å²) in [4.78, 5) is 15.8. The van der Waals surface area contributed by atoms with Crippen LogP contribution in [0.5, 0.6) is 5.75 Å². The summed E-state index contributed by atoms with van der Waals surface area (Å²) in [5.41, 5.74) is 7.38. The van der Waals surface area contributed by atoms with Crippen molar-refractivity contribution < 1.29 is 17.9 Å². The normalized spacial score (nSPS) is 11.4. The van der Waals surface area contributed by atoms with E-state index in [1.54, 1.807) is 42.5 Å². The molecule has 0 spiro atoms. The minimum absolute atomic E-state index is 0.0113. The topological polar surface area (TPSA) is 129 Å². The molecule has 10 heteroatoms. The Morgan fingerprint density at radius 2 is 2.11 bits per heavy atom. The van der Waals surface area contributed by atoms with E-state index in [9.17, 15) is 13.2 Å². The highest BCUT2D eigenvalue weighted by Gasteiger charge is 2.19. The van der Waals surface area contributed by atoms with E-state index in [0.717, 1.165) is 5.56 Å². The predicted octanol–water partition coefficient (Wildman–Crippen LogP) is 1.07. The van der Waals surface area contributed by atoms with Gasteiger partial charge in [0.25, 0.3) is 5.91 Å². The lowest BCUT2D eigenvalue weighted by molar-refractivity contribution is 0.0997. The van der Waals surface area contributed by atoms with Crippen LogP contribution in [0.25, 0.3) is 11.3 Å². The molecule has 0 atom stereocenters. The molecule has 2 aromatic heterocycles. The summed E-state index contributed by atoms with van der Waals surface area (Å²) in [6.07, 6.45) is 5.08. The van der Waals surface area contributed by atoms with Crippen molar-refractivity contribution in [2.45, 2.75) is 11.4 Å². The standard InChI is InChI=1S/C18H19N5O4S/c1-23-11-13(9-21-23)17-12(4-3-7-20-17)10-22-28(25,26)14-5-6-16(27-2)15(8-14)18(19)24/h3-9,11,22H,10H2,1-2H3,(H2,19,24). The Labute approximate surface area is 162 Å². The van der Waals surface area contributed by atoms with Gasteiger partial charge in [-0.15, -0.1) is 0 Å². The molecule has 1 aromatic carbocycles. The molecule has 0 saturated heterocycles. The van der Waals surface area contributed by atoms with Crippen LogP contribution in [-0.2, 0) is 23.6 Å². The average Bonchev–Trinajstić information content (AvgIpc) is 3.12. The molecule has 2 heterocycles. The molecule has 0 aliphatic carbocycles. The first-order valence-corrected chi connectivity index (χ1v) is 9.70. The summed E-state index contributed by atoms with van der Waals surface area (Å²) in [6, 6.07) is 7.43. The highest BCUT2D eigenvalue weighted by Crippen LogP contribution is 2.23. The van der Waals surface area contributed by atoms with Gasteiger partial charge < -0.3 is 10.5 Å². The molecule has 3 aromatic rings. The summed E-state index contributed by atoms with van der Waals surface area (Å²) < 4.78 is 34.6. The number of ether oxygens (including phenoxy) is 1. The van der Waals surface area contributed by atoms with Crippen LogP contribution in [0.1, 0.15) is 15.9 Å². The number of aromatic nitrogens is 3. The first-order valence-electron chi connectivity index (χ1n) is 8.22. The van der Waals surface area contributed by atoms with Crippen LogP contribution in [0.15, 0.2) is 53.8 Å². The van der Waals surface area contributed by atoms with Gasteiger partial charge in [0, 0.05) is 31.5 Å². The number of nitrogens with zero attached hydrogens (tertiary/aromatic N) is 3. The van der Waals surface area contributed by atoms with Crippen LogP contribution >= 0.6 is 0 Å². The van der Waals surface area contributed by atoms with Crippen molar-refractivity contribution in [3.63, 3.8) is 0 Å². The van der Waals surface area contributed by atoms with Crippen molar-refractivity contribution in [1.82, 2.24) is 19.5 Å². The first kappa shape index (κ1) is 19.5. The number of pyridine rings is 1. The predicted molar refractivity (Wildman–Crippen MR) is 102 cm³/mol. The van der Waals surface area contributed by atoms with E-state index in [4.69, 9.17) is 10.5 Å². The number of nitrogens with two attached hydrogens (primary N) is 1.